The molecule has 4 rings (SSSR count). The summed E-state index contributed by atoms with van der Waals surface area (Å²) in [5.41, 5.74) is 6.02. The summed E-state index contributed by atoms with van der Waals surface area (Å²) in [6, 6.07) is 37.2. The Bertz CT molecular complexity index is 1280. The van der Waals surface area contributed by atoms with Gasteiger partial charge in [0.2, 0.25) is 0 Å². The molecule has 0 bridgehead atoms. The molecule has 1 radical (unpaired) electrons. The first kappa shape index (κ1) is 44.7. The molecule has 0 spiro atoms. The van der Waals surface area contributed by atoms with Crippen molar-refractivity contribution >= 4 is 112 Å². The van der Waals surface area contributed by atoms with Crippen LogP contribution in [-0.4, -0.2) is 84.1 Å². The number of hydrogen-bond donors (Lipinski definition) is 0. The molecule has 0 saturated carbocycles. The third-order valence-electron chi connectivity index (χ3n) is 8.14. The summed E-state index contributed by atoms with van der Waals surface area (Å²) in [5, 5.41) is 5.81. The molecule has 0 N–H and O–H groups in total. The van der Waals surface area contributed by atoms with Crippen molar-refractivity contribution in [3.63, 3.8) is 0 Å². The zero-order valence-electron chi connectivity index (χ0n) is 30.1. The fraction of sp³-hybridized carbons (Fsp3) is 0.351. The van der Waals surface area contributed by atoms with Crippen molar-refractivity contribution in [1.82, 2.24) is 0 Å². The van der Waals surface area contributed by atoms with Gasteiger partial charge in [0, 0.05) is 79.1 Å². The van der Waals surface area contributed by atoms with E-state index in [9.17, 15) is 0 Å². The molecule has 0 aromatic heterocycles. The van der Waals surface area contributed by atoms with E-state index in [4.69, 9.17) is 26.8 Å². The molecule has 0 aliphatic rings. The summed E-state index contributed by atoms with van der Waals surface area (Å²) < 4.78 is 0. The second-order valence-corrected chi connectivity index (χ2v) is 30.6. The molecule has 0 amide bonds. The Hall–Kier alpha value is -0.413. The van der Waals surface area contributed by atoms with Gasteiger partial charge in [0.05, 0.1) is 0 Å². The van der Waals surface area contributed by atoms with Gasteiger partial charge in [-0.2, -0.15) is 0 Å². The number of anilines is 4. The molecule has 2 atom stereocenters. The molecule has 0 saturated heterocycles. The van der Waals surface area contributed by atoms with Crippen LogP contribution in [0.1, 0.15) is 20.3 Å². The maximum absolute atomic E-state index is 5.00. The van der Waals surface area contributed by atoms with Gasteiger partial charge in [-0.15, -0.1) is 0 Å². The molecule has 0 heterocycles. The van der Waals surface area contributed by atoms with E-state index in [0.717, 1.165) is 6.42 Å². The van der Waals surface area contributed by atoms with Gasteiger partial charge < -0.3 is 19.6 Å². The Balaban J connectivity index is 0.00000129. The van der Waals surface area contributed by atoms with Gasteiger partial charge in [0.15, 0.2) is 0 Å². The van der Waals surface area contributed by atoms with Crippen molar-refractivity contribution in [3.8, 4) is 0 Å². The van der Waals surface area contributed by atoms with Crippen molar-refractivity contribution in [2.75, 3.05) is 76.0 Å². The average molecular weight is 1070 g/mol. The first-order chi connectivity index (χ1) is 23.2. The summed E-state index contributed by atoms with van der Waals surface area (Å²) in [7, 11) is 35.4. The second-order valence-electron chi connectivity index (χ2n) is 12.5. The second kappa shape index (κ2) is 22.6. The van der Waals surface area contributed by atoms with Gasteiger partial charge >= 0.3 is 71.3 Å². The summed E-state index contributed by atoms with van der Waals surface area (Å²) in [5.74, 6) is 0. The predicted molar refractivity (Wildman–Crippen MR) is 228 cm³/mol. The molecule has 12 heteroatoms. The summed E-state index contributed by atoms with van der Waals surface area (Å²) >= 11 is -0.516. The van der Waals surface area contributed by atoms with E-state index < -0.39 is 32.2 Å². The van der Waals surface area contributed by atoms with Crippen LogP contribution in [0.15, 0.2) is 97.1 Å². The Morgan fingerprint density at radius 2 is 0.612 bits per heavy atom. The third-order valence-corrected chi connectivity index (χ3v) is 13.7. The SMILES string of the molecule is C[C@@H](C[C@H](C)P(c1ccc(N(C)C)cc1)c1ccc(N(C)C)cc1)P(c1ccc(N(C)C)cc1)c1ccc(N(C)C)cc1.[Cl][Pt].[Cl][Sn]([Cl])[Cl]. The Morgan fingerprint density at radius 1 is 0.449 bits per heavy atom. The normalized spacial score (nSPS) is 12.1. The van der Waals surface area contributed by atoms with Crippen LogP contribution < -0.4 is 40.8 Å². The molecule has 0 aliphatic carbocycles. The van der Waals surface area contributed by atoms with Crippen LogP contribution in [0.2, 0.25) is 0 Å². The standard InChI is InChI=1S/C37H50N4P2.4ClH.Pt.Sn/c1-28(42(34-19-11-30(12-20-34)38(3)4)35-21-13-31(14-22-35)39(5)6)27-29(2)43(36-23-15-32(16-24-36)40(7)8)37-25-17-33(18-26-37)41(9)10;;;;;;/h11-26,28-29H,27H2,1-10H3;4*1H;;/q;;;;;+1;+3/p-4/t28-,29-;;;;;;/m0....../s1. The third kappa shape index (κ3) is 14.2. The molecule has 0 unspecified atom stereocenters. The number of rotatable bonds is 12. The van der Waals surface area contributed by atoms with Crippen LogP contribution in [0.3, 0.4) is 0 Å². The molecule has 4 aromatic rings. The minimum absolute atomic E-state index is 0.521. The Morgan fingerprint density at radius 3 is 0.755 bits per heavy atom. The quantitative estimate of drug-likeness (QED) is 0.104. The summed E-state index contributed by atoms with van der Waals surface area (Å²) in [6.07, 6.45) is 1.16. The minimum atomic E-state index is -2.13. The van der Waals surface area contributed by atoms with Crippen LogP contribution in [0.25, 0.3) is 0 Å². The van der Waals surface area contributed by atoms with E-state index in [1.807, 2.05) is 0 Å². The first-order valence-corrected chi connectivity index (χ1v) is 32.3. The molecular weight excluding hydrogens is 1020 g/mol. The molecule has 4 nitrogen and oxygen atoms in total. The van der Waals surface area contributed by atoms with Crippen LogP contribution in [-0.2, 0) is 18.8 Å². The molecule has 4 aromatic carbocycles. The number of nitrogens with zero attached hydrogens (tertiary/aromatic N) is 4. The van der Waals surface area contributed by atoms with Crippen LogP contribution in [0, 0.1) is 0 Å². The van der Waals surface area contributed by atoms with Gasteiger partial charge in [-0.1, -0.05) is 62.4 Å². The first-order valence-electron chi connectivity index (χ1n) is 15.8. The monoisotopic (exact) mass is 1070 g/mol. The maximum atomic E-state index is 5.00. The number of hydrogen-bond acceptors (Lipinski definition) is 4. The number of halogens is 4. The van der Waals surface area contributed by atoms with Crippen molar-refractivity contribution in [1.29, 1.82) is 0 Å². The van der Waals surface area contributed by atoms with Crippen LogP contribution in [0.5, 0.6) is 0 Å². The average Bonchev–Trinajstić information content (AvgIpc) is 3.06. The van der Waals surface area contributed by atoms with Gasteiger partial charge in [-0.3, -0.25) is 0 Å². The van der Waals surface area contributed by atoms with E-state index in [1.54, 1.807) is 18.8 Å². The van der Waals surface area contributed by atoms with Crippen molar-refractivity contribution in [2.45, 2.75) is 31.6 Å². The van der Waals surface area contributed by atoms with Crippen LogP contribution >= 0.6 is 52.0 Å². The molecular formula is C37H50Cl4N4P2PtSn. The van der Waals surface area contributed by atoms with Crippen molar-refractivity contribution in [2.24, 2.45) is 0 Å². The fourth-order valence-electron chi connectivity index (χ4n) is 5.67. The van der Waals surface area contributed by atoms with E-state index in [1.165, 1.54) is 44.0 Å². The van der Waals surface area contributed by atoms with Crippen LogP contribution in [0.4, 0.5) is 22.7 Å². The summed E-state index contributed by atoms with van der Waals surface area (Å²) in [4.78, 5) is 8.72. The molecule has 270 valence electrons. The molecule has 0 aliphatic heterocycles. The number of benzene rings is 4. The van der Waals surface area contributed by atoms with Gasteiger partial charge in [0.1, 0.15) is 0 Å². The van der Waals surface area contributed by atoms with E-state index in [-0.39, 0.29) is 0 Å². The van der Waals surface area contributed by atoms with E-state index in [0.29, 0.717) is 11.3 Å². The fourth-order valence-corrected chi connectivity index (χ4v) is 11.4. The van der Waals surface area contributed by atoms with Crippen molar-refractivity contribution in [3.05, 3.63) is 97.1 Å². The van der Waals surface area contributed by atoms with Gasteiger partial charge in [-0.25, -0.2) is 0 Å². The van der Waals surface area contributed by atoms with E-state index >= 15 is 0 Å². The molecule has 0 fully saturated rings. The Kier molecular flexibility index (Phi) is 20.6. The van der Waals surface area contributed by atoms with Crippen molar-refractivity contribution < 1.29 is 18.8 Å². The topological polar surface area (TPSA) is 13.0 Å². The van der Waals surface area contributed by atoms with Gasteiger partial charge in [0.25, 0.3) is 0 Å². The van der Waals surface area contributed by atoms with E-state index in [2.05, 4.69) is 196 Å². The molecule has 49 heavy (non-hydrogen) atoms. The zero-order valence-corrected chi connectivity index (χ0v) is 40.0. The predicted octanol–water partition coefficient (Wildman–Crippen LogP) is 9.06. The Labute approximate surface area is 332 Å². The van der Waals surface area contributed by atoms with Gasteiger partial charge in [-0.05, 0) is 103 Å². The zero-order chi connectivity index (χ0) is 36.8. The summed E-state index contributed by atoms with van der Waals surface area (Å²) in [6.45, 7) is 4.97.